The number of alkyl halides is 1. The van der Waals surface area contributed by atoms with Gasteiger partial charge >= 0.3 is 5.97 Å². The minimum absolute atomic E-state index is 0.102. The van der Waals surface area contributed by atoms with Crippen LogP contribution in [0.15, 0.2) is 11.6 Å². The van der Waals surface area contributed by atoms with E-state index >= 15 is 0 Å². The third-order valence-electron chi connectivity index (χ3n) is 1.23. The lowest BCUT2D eigenvalue weighted by Gasteiger charge is -2.07. The summed E-state index contributed by atoms with van der Waals surface area (Å²) in [5.41, 5.74) is 0.102. The van der Waals surface area contributed by atoms with Crippen LogP contribution in [0, 0.1) is 0 Å². The largest absolute Gasteiger partial charge is 0.478 e. The van der Waals surface area contributed by atoms with Crippen molar-refractivity contribution in [3.8, 4) is 0 Å². The fraction of sp³-hybridized carbons (Fsp3) is 0.571. The molecule has 4 heteroatoms. The maximum atomic E-state index is 10.2. The van der Waals surface area contributed by atoms with Gasteiger partial charge < -0.3 is 10.2 Å². The molecule has 0 aromatic heterocycles. The molecule has 0 fully saturated rings. The first kappa shape index (κ1) is 10.5. The Labute approximate surface area is 70.3 Å². The highest BCUT2D eigenvalue weighted by molar-refractivity contribution is 6.20. The third-order valence-corrected chi connectivity index (χ3v) is 1.49. The zero-order valence-corrected chi connectivity index (χ0v) is 7.17. The van der Waals surface area contributed by atoms with Gasteiger partial charge in [-0.05, 0) is 19.9 Å². The van der Waals surface area contributed by atoms with E-state index in [4.69, 9.17) is 21.8 Å². The van der Waals surface area contributed by atoms with Crippen LogP contribution in [0.3, 0.4) is 0 Å². The number of rotatable bonds is 3. The van der Waals surface area contributed by atoms with E-state index < -0.39 is 17.5 Å². The molecule has 2 N–H and O–H groups in total. The van der Waals surface area contributed by atoms with Crippen LogP contribution in [0.1, 0.15) is 13.8 Å². The molecule has 0 aromatic rings. The molecular formula is C7H11ClO3. The fourth-order valence-corrected chi connectivity index (χ4v) is 0.533. The number of hydrogen-bond acceptors (Lipinski definition) is 2. The Bertz CT molecular complexity index is 175. The zero-order chi connectivity index (χ0) is 9.02. The van der Waals surface area contributed by atoms with Crippen molar-refractivity contribution in [1.29, 1.82) is 0 Å². The molecule has 0 spiro atoms. The first-order valence-corrected chi connectivity index (χ1v) is 3.62. The van der Waals surface area contributed by atoms with Crippen molar-refractivity contribution in [1.82, 2.24) is 0 Å². The van der Waals surface area contributed by atoms with Crippen LogP contribution in [-0.2, 0) is 4.79 Å². The third kappa shape index (κ3) is 4.01. The van der Waals surface area contributed by atoms with Crippen molar-refractivity contribution in [3.63, 3.8) is 0 Å². The molecule has 0 aliphatic heterocycles. The van der Waals surface area contributed by atoms with Crippen LogP contribution < -0.4 is 0 Å². The molecule has 2 atom stereocenters. The topological polar surface area (TPSA) is 57.5 Å². The molecule has 64 valence electrons. The van der Waals surface area contributed by atoms with Crippen molar-refractivity contribution < 1.29 is 15.0 Å². The van der Waals surface area contributed by atoms with E-state index in [9.17, 15) is 4.79 Å². The van der Waals surface area contributed by atoms with Crippen LogP contribution in [0.2, 0.25) is 0 Å². The summed E-state index contributed by atoms with van der Waals surface area (Å²) in [7, 11) is 0. The summed E-state index contributed by atoms with van der Waals surface area (Å²) in [4.78, 5) is 10.2. The minimum atomic E-state index is -1.04. The first-order valence-electron chi connectivity index (χ1n) is 3.19. The molecule has 3 nitrogen and oxygen atoms in total. The molecule has 0 aliphatic rings. The van der Waals surface area contributed by atoms with Gasteiger partial charge in [0.1, 0.15) is 0 Å². The Hall–Kier alpha value is -0.540. The minimum Gasteiger partial charge on any atom is -0.478 e. The number of carboxylic acid groups (broad SMARTS) is 1. The molecule has 0 amide bonds. The zero-order valence-electron chi connectivity index (χ0n) is 6.41. The van der Waals surface area contributed by atoms with Gasteiger partial charge in [0.25, 0.3) is 0 Å². The van der Waals surface area contributed by atoms with Gasteiger partial charge in [-0.1, -0.05) is 0 Å². The standard InChI is InChI=1S/C7H11ClO3/c1-4(7(10)11)3-6(9)5(2)8/h3,5-6,9H,1-2H3,(H,10,11). The Morgan fingerprint density at radius 1 is 1.64 bits per heavy atom. The van der Waals surface area contributed by atoms with Crippen molar-refractivity contribution in [2.24, 2.45) is 0 Å². The second kappa shape index (κ2) is 4.36. The predicted octanol–water partition coefficient (Wildman–Crippen LogP) is 1.01. The summed E-state index contributed by atoms with van der Waals surface area (Å²) in [6, 6.07) is 0. The van der Waals surface area contributed by atoms with Crippen molar-refractivity contribution in [3.05, 3.63) is 11.6 Å². The Kier molecular flexibility index (Phi) is 4.15. The maximum Gasteiger partial charge on any atom is 0.331 e. The maximum absolute atomic E-state index is 10.2. The Morgan fingerprint density at radius 2 is 2.09 bits per heavy atom. The van der Waals surface area contributed by atoms with Gasteiger partial charge in [-0.3, -0.25) is 0 Å². The highest BCUT2D eigenvalue weighted by atomic mass is 35.5. The number of hydrogen-bond donors (Lipinski definition) is 2. The van der Waals surface area contributed by atoms with Gasteiger partial charge in [0, 0.05) is 5.57 Å². The molecule has 11 heavy (non-hydrogen) atoms. The molecule has 0 heterocycles. The van der Waals surface area contributed by atoms with Gasteiger partial charge in [0.15, 0.2) is 0 Å². The highest BCUT2D eigenvalue weighted by Gasteiger charge is 2.10. The quantitative estimate of drug-likeness (QED) is 0.501. The number of carbonyl (C=O) groups is 1. The van der Waals surface area contributed by atoms with Crippen LogP contribution in [0.5, 0.6) is 0 Å². The lowest BCUT2D eigenvalue weighted by Crippen LogP contribution is -2.16. The monoisotopic (exact) mass is 178 g/mol. The number of carboxylic acids is 1. The Balaban J connectivity index is 4.19. The highest BCUT2D eigenvalue weighted by Crippen LogP contribution is 2.05. The molecule has 0 aromatic carbocycles. The summed E-state index contributed by atoms with van der Waals surface area (Å²) in [5, 5.41) is 17.0. The van der Waals surface area contributed by atoms with Gasteiger partial charge in [-0.2, -0.15) is 0 Å². The summed E-state index contributed by atoms with van der Waals surface area (Å²) in [5.74, 6) is -1.04. The van der Waals surface area contributed by atoms with Crippen molar-refractivity contribution in [2.75, 3.05) is 0 Å². The molecule has 0 aliphatic carbocycles. The summed E-state index contributed by atoms with van der Waals surface area (Å²) < 4.78 is 0. The average Bonchev–Trinajstić information content (AvgIpc) is 1.87. The van der Waals surface area contributed by atoms with E-state index in [1.54, 1.807) is 6.92 Å². The van der Waals surface area contributed by atoms with Crippen LogP contribution in [0.25, 0.3) is 0 Å². The van der Waals surface area contributed by atoms with Crippen molar-refractivity contribution >= 4 is 17.6 Å². The van der Waals surface area contributed by atoms with Crippen LogP contribution in [0.4, 0.5) is 0 Å². The number of aliphatic hydroxyl groups excluding tert-OH is 1. The number of aliphatic carboxylic acids is 1. The second-order valence-electron chi connectivity index (χ2n) is 2.32. The van der Waals surface area contributed by atoms with E-state index in [2.05, 4.69) is 0 Å². The predicted molar refractivity (Wildman–Crippen MR) is 42.7 cm³/mol. The van der Waals surface area contributed by atoms with Gasteiger partial charge in [0.05, 0.1) is 11.5 Å². The van der Waals surface area contributed by atoms with Gasteiger partial charge in [-0.15, -0.1) is 11.6 Å². The van der Waals surface area contributed by atoms with E-state index in [1.807, 2.05) is 0 Å². The molecular weight excluding hydrogens is 168 g/mol. The van der Waals surface area contributed by atoms with E-state index in [0.717, 1.165) is 0 Å². The molecule has 2 unspecified atom stereocenters. The van der Waals surface area contributed by atoms with E-state index in [-0.39, 0.29) is 5.57 Å². The van der Waals surface area contributed by atoms with Crippen molar-refractivity contribution in [2.45, 2.75) is 25.3 Å². The molecule has 0 saturated heterocycles. The molecule has 0 bridgehead atoms. The fourth-order valence-electron chi connectivity index (χ4n) is 0.460. The lowest BCUT2D eigenvalue weighted by molar-refractivity contribution is -0.132. The summed E-state index contributed by atoms with van der Waals surface area (Å²) in [6.07, 6.45) is 0.327. The Morgan fingerprint density at radius 3 is 2.36 bits per heavy atom. The number of aliphatic hydroxyl groups is 1. The average molecular weight is 179 g/mol. The van der Waals surface area contributed by atoms with Crippen LogP contribution in [-0.4, -0.2) is 27.7 Å². The normalized spacial score (nSPS) is 17.6. The van der Waals surface area contributed by atoms with E-state index in [1.165, 1.54) is 13.0 Å². The van der Waals surface area contributed by atoms with Gasteiger partial charge in [-0.25, -0.2) is 4.79 Å². The molecule has 0 saturated carbocycles. The molecule has 0 radical (unpaired) electrons. The second-order valence-corrected chi connectivity index (χ2v) is 3.01. The SMILES string of the molecule is CC(=CC(O)C(C)Cl)C(=O)O. The smallest absolute Gasteiger partial charge is 0.331 e. The summed E-state index contributed by atoms with van der Waals surface area (Å²) >= 11 is 5.49. The molecule has 0 rings (SSSR count). The van der Waals surface area contributed by atoms with Gasteiger partial charge in [0.2, 0.25) is 0 Å². The first-order chi connectivity index (χ1) is 4.95. The lowest BCUT2D eigenvalue weighted by atomic mass is 10.2. The number of halogens is 1. The van der Waals surface area contributed by atoms with Crippen LogP contribution >= 0.6 is 11.6 Å². The summed E-state index contributed by atoms with van der Waals surface area (Å²) in [6.45, 7) is 3.00. The van der Waals surface area contributed by atoms with E-state index in [0.29, 0.717) is 0 Å².